The van der Waals surface area contributed by atoms with Gasteiger partial charge in [0.2, 0.25) is 0 Å². The summed E-state index contributed by atoms with van der Waals surface area (Å²) in [7, 11) is 1.32. The quantitative estimate of drug-likeness (QED) is 0.0300. The lowest BCUT2D eigenvalue weighted by Gasteiger charge is -2.39. The topological polar surface area (TPSA) is 135 Å². The van der Waals surface area contributed by atoms with Gasteiger partial charge in [0.05, 0.1) is 6.54 Å². The van der Waals surface area contributed by atoms with Gasteiger partial charge in [-0.25, -0.2) is 9.78 Å². The Hall–Kier alpha value is -6.40. The van der Waals surface area contributed by atoms with Gasteiger partial charge >= 0.3 is 5.97 Å². The van der Waals surface area contributed by atoms with Gasteiger partial charge in [-0.05, 0) is 40.5 Å². The maximum Gasteiger partial charge on any atom is 0.355 e. The molecule has 0 saturated carbocycles. The van der Waals surface area contributed by atoms with Crippen molar-refractivity contribution in [2.45, 2.75) is 11.6 Å². The summed E-state index contributed by atoms with van der Waals surface area (Å²) in [6, 6.07) is 32.7. The molecule has 1 atom stereocenters. The van der Waals surface area contributed by atoms with Crippen LogP contribution in [0.4, 0.5) is 5.13 Å². The van der Waals surface area contributed by atoms with E-state index in [1.54, 1.807) is 29.9 Å². The molecule has 0 spiro atoms. The van der Waals surface area contributed by atoms with Crippen LogP contribution in [0.3, 0.4) is 0 Å². The van der Waals surface area contributed by atoms with Crippen LogP contribution in [0.1, 0.15) is 27.9 Å². The highest BCUT2D eigenvalue weighted by atomic mass is 32.1. The summed E-state index contributed by atoms with van der Waals surface area (Å²) in [4.78, 5) is 54.9. The SMILES string of the molecule is C=CCOC(=O)/C(=C\c1ccncc1)N1CC(NC(=O)/C(=N\OC)c2csc(NC(c3ccccc3)(c3ccccc3)c3ccccc3)n2)C1=O. The molecule has 12 heteroatoms. The Kier molecular flexibility index (Phi) is 10.7. The highest BCUT2D eigenvalue weighted by Gasteiger charge is 2.43. The van der Waals surface area contributed by atoms with Gasteiger partial charge in [0.1, 0.15) is 36.7 Å². The summed E-state index contributed by atoms with van der Waals surface area (Å²) in [6.07, 6.45) is 6.11. The molecule has 2 aromatic heterocycles. The number of amides is 2. The second-order valence-electron chi connectivity index (χ2n) is 11.3. The Morgan fingerprint density at radius 1 is 0.961 bits per heavy atom. The van der Waals surface area contributed by atoms with E-state index in [1.165, 1.54) is 35.5 Å². The number of carbonyl (C=O) groups is 3. The Labute approximate surface area is 299 Å². The van der Waals surface area contributed by atoms with Crippen LogP contribution < -0.4 is 10.6 Å². The van der Waals surface area contributed by atoms with E-state index in [0.29, 0.717) is 10.7 Å². The zero-order valence-corrected chi connectivity index (χ0v) is 28.5. The average molecular weight is 699 g/mol. The number of hydrogen-bond acceptors (Lipinski definition) is 10. The van der Waals surface area contributed by atoms with Crippen molar-refractivity contribution in [2.75, 3.05) is 25.6 Å². The largest absolute Gasteiger partial charge is 0.457 e. The molecule has 1 fully saturated rings. The van der Waals surface area contributed by atoms with Gasteiger partial charge in [-0.3, -0.25) is 14.6 Å². The van der Waals surface area contributed by atoms with Crippen molar-refractivity contribution >= 4 is 46.0 Å². The first kappa shape index (κ1) is 34.5. The lowest BCUT2D eigenvalue weighted by atomic mass is 9.77. The van der Waals surface area contributed by atoms with Crippen LogP contribution in [0.25, 0.3) is 6.08 Å². The molecule has 0 bridgehead atoms. The number of esters is 1. The summed E-state index contributed by atoms with van der Waals surface area (Å²) < 4.78 is 5.23. The standard InChI is InChI=1S/C39H34N6O5S/c1-3-23-50-37(48)33(24-27-19-21-40-22-20-27)45-25-31(36(45)47)41-35(46)34(44-49-2)32-26-51-38(42-32)43-39(28-13-7-4-8-14-28,29-15-9-5-10-16-29)30-17-11-6-12-18-30/h3-22,24,26,31H,1,23,25H2,2H3,(H,41,46)(H,42,43)/b33-24+,44-34-. The van der Waals surface area contributed by atoms with Crippen LogP contribution in [0.15, 0.2) is 144 Å². The maximum atomic E-state index is 13.6. The minimum Gasteiger partial charge on any atom is -0.457 e. The third-order valence-corrected chi connectivity index (χ3v) is 8.89. The van der Waals surface area contributed by atoms with E-state index in [1.807, 2.05) is 54.6 Å². The van der Waals surface area contributed by atoms with Crippen molar-refractivity contribution in [3.63, 3.8) is 0 Å². The number of nitrogens with one attached hydrogen (secondary N) is 2. The number of aromatic nitrogens is 2. The summed E-state index contributed by atoms with van der Waals surface area (Å²) in [5, 5.41) is 12.6. The summed E-state index contributed by atoms with van der Waals surface area (Å²) >= 11 is 1.30. The predicted octanol–water partition coefficient (Wildman–Crippen LogP) is 5.39. The van der Waals surface area contributed by atoms with Gasteiger partial charge in [-0.2, -0.15) is 0 Å². The molecule has 0 aliphatic carbocycles. The molecule has 3 aromatic carbocycles. The van der Waals surface area contributed by atoms with Crippen molar-refractivity contribution in [3.05, 3.63) is 167 Å². The first-order valence-electron chi connectivity index (χ1n) is 16.0. The highest BCUT2D eigenvalue weighted by molar-refractivity contribution is 7.14. The van der Waals surface area contributed by atoms with Gasteiger partial charge in [0, 0.05) is 17.8 Å². The lowest BCUT2D eigenvalue weighted by molar-refractivity contribution is -0.150. The Morgan fingerprint density at radius 3 is 2.08 bits per heavy atom. The second kappa shape index (κ2) is 15.9. The molecule has 51 heavy (non-hydrogen) atoms. The van der Waals surface area contributed by atoms with Crippen LogP contribution in [0.5, 0.6) is 0 Å². The number of nitrogens with zero attached hydrogens (tertiary/aromatic N) is 4. The molecule has 5 aromatic rings. The van der Waals surface area contributed by atoms with E-state index < -0.39 is 29.4 Å². The van der Waals surface area contributed by atoms with Gasteiger partial charge in [-0.1, -0.05) is 109 Å². The second-order valence-corrected chi connectivity index (χ2v) is 12.2. The van der Waals surface area contributed by atoms with E-state index in [-0.39, 0.29) is 30.3 Å². The third kappa shape index (κ3) is 7.46. The van der Waals surface area contributed by atoms with E-state index in [2.05, 4.69) is 63.8 Å². The molecular formula is C39H34N6O5S. The molecule has 256 valence electrons. The fourth-order valence-corrected chi connectivity index (χ4v) is 6.48. The molecule has 2 N–H and O–H groups in total. The fourth-order valence-electron chi connectivity index (χ4n) is 5.73. The van der Waals surface area contributed by atoms with Gasteiger partial charge in [0.25, 0.3) is 11.8 Å². The fraction of sp³-hybridized carbons (Fsp3) is 0.128. The lowest BCUT2D eigenvalue weighted by Crippen LogP contribution is -2.64. The molecule has 1 aliphatic rings. The zero-order valence-electron chi connectivity index (χ0n) is 27.6. The van der Waals surface area contributed by atoms with Gasteiger partial charge in [-0.15, -0.1) is 11.3 Å². The zero-order chi connectivity index (χ0) is 35.6. The van der Waals surface area contributed by atoms with Gasteiger partial charge in [0.15, 0.2) is 10.8 Å². The number of likely N-dealkylation sites (tertiary alicyclic amines) is 1. The van der Waals surface area contributed by atoms with Crippen molar-refractivity contribution in [3.8, 4) is 0 Å². The normalized spacial score (nSPS) is 14.6. The van der Waals surface area contributed by atoms with Crippen LogP contribution in [-0.4, -0.2) is 64.7 Å². The number of rotatable bonds is 14. The van der Waals surface area contributed by atoms with Crippen molar-refractivity contribution in [1.82, 2.24) is 20.2 Å². The predicted molar refractivity (Wildman–Crippen MR) is 196 cm³/mol. The number of thiazole rings is 1. The maximum absolute atomic E-state index is 13.6. The molecule has 6 rings (SSSR count). The van der Waals surface area contributed by atoms with E-state index in [9.17, 15) is 14.4 Å². The molecule has 3 heterocycles. The van der Waals surface area contributed by atoms with E-state index in [0.717, 1.165) is 16.7 Å². The molecular weight excluding hydrogens is 665 g/mol. The molecule has 1 unspecified atom stereocenters. The first-order valence-corrected chi connectivity index (χ1v) is 16.9. The van der Waals surface area contributed by atoms with Crippen molar-refractivity contribution in [1.29, 1.82) is 0 Å². The molecule has 1 saturated heterocycles. The van der Waals surface area contributed by atoms with Crippen LogP contribution in [0, 0.1) is 0 Å². The van der Waals surface area contributed by atoms with Crippen LogP contribution in [-0.2, 0) is 29.5 Å². The Morgan fingerprint density at radius 2 is 1.55 bits per heavy atom. The number of ether oxygens (including phenoxy) is 1. The summed E-state index contributed by atoms with van der Waals surface area (Å²) in [5.74, 6) is -1.86. The number of carbonyl (C=O) groups excluding carboxylic acids is 3. The Bertz CT molecular complexity index is 1960. The minimum atomic E-state index is -0.925. The Balaban J connectivity index is 1.24. The average Bonchev–Trinajstić information content (AvgIpc) is 3.64. The third-order valence-electron chi connectivity index (χ3n) is 8.14. The van der Waals surface area contributed by atoms with Crippen molar-refractivity contribution in [2.24, 2.45) is 5.16 Å². The number of oxime groups is 1. The smallest absolute Gasteiger partial charge is 0.355 e. The molecule has 0 radical (unpaired) electrons. The van der Waals surface area contributed by atoms with Crippen molar-refractivity contribution < 1.29 is 24.0 Å². The summed E-state index contributed by atoms with van der Waals surface area (Å²) in [6.45, 7) is 3.57. The summed E-state index contributed by atoms with van der Waals surface area (Å²) in [5.41, 5.74) is 2.93. The minimum absolute atomic E-state index is 0.0262. The number of anilines is 1. The highest BCUT2D eigenvalue weighted by Crippen LogP contribution is 2.40. The van der Waals surface area contributed by atoms with E-state index >= 15 is 0 Å². The number of β-lactam (4-membered cyclic amide) rings is 1. The van der Waals surface area contributed by atoms with Crippen LogP contribution in [0.2, 0.25) is 0 Å². The number of pyridine rings is 1. The number of benzene rings is 3. The van der Waals surface area contributed by atoms with E-state index in [4.69, 9.17) is 14.6 Å². The first-order chi connectivity index (χ1) is 24.9. The monoisotopic (exact) mass is 698 g/mol. The molecule has 1 aliphatic heterocycles. The molecule has 2 amide bonds. The molecule has 11 nitrogen and oxygen atoms in total. The van der Waals surface area contributed by atoms with Crippen LogP contribution >= 0.6 is 11.3 Å². The van der Waals surface area contributed by atoms with Gasteiger partial charge < -0.3 is 25.1 Å². The number of hydrogen-bond donors (Lipinski definition) is 2.